The van der Waals surface area contributed by atoms with Gasteiger partial charge in [-0.05, 0) is 74.9 Å². The van der Waals surface area contributed by atoms with Crippen molar-refractivity contribution in [2.75, 3.05) is 14.1 Å². The highest BCUT2D eigenvalue weighted by Crippen LogP contribution is 2.40. The summed E-state index contributed by atoms with van der Waals surface area (Å²) in [5.41, 5.74) is 2.53. The second kappa shape index (κ2) is 9.76. The van der Waals surface area contributed by atoms with Crippen LogP contribution >= 0.6 is 11.6 Å². The maximum absolute atomic E-state index is 6.07. The van der Waals surface area contributed by atoms with E-state index < -0.39 is 0 Å². The topological polar surface area (TPSA) is 42.2 Å². The highest BCUT2D eigenvalue weighted by molar-refractivity contribution is 6.30. The molecule has 30 heavy (non-hydrogen) atoms. The molecule has 4 rings (SSSR count). The standard InChI is InChI=1S/C25H30ClN3O/c1-29(2)25(20-8-4-3-5-9-20)21-13-11-18(12-14-21)17-24-27-23(28-30-24)16-19-7-6-10-22(26)15-19/h3-10,15,18,21,25H,11-14,16-17H2,1-2H3. The SMILES string of the molecule is CN(C)C(c1ccccc1)C1CCC(Cc2nc(Cc3cccc(Cl)c3)no2)CC1. The van der Waals surface area contributed by atoms with Crippen molar-refractivity contribution in [2.45, 2.75) is 44.6 Å². The van der Waals surface area contributed by atoms with E-state index in [4.69, 9.17) is 16.1 Å². The third-order valence-electron chi connectivity index (χ3n) is 6.26. The van der Waals surface area contributed by atoms with Crippen molar-refractivity contribution in [3.8, 4) is 0 Å². The normalized spacial score (nSPS) is 20.4. The van der Waals surface area contributed by atoms with E-state index in [2.05, 4.69) is 59.5 Å². The van der Waals surface area contributed by atoms with Crippen molar-refractivity contribution in [3.05, 3.63) is 82.5 Å². The summed E-state index contributed by atoms with van der Waals surface area (Å²) < 4.78 is 5.55. The summed E-state index contributed by atoms with van der Waals surface area (Å²) in [5, 5.41) is 4.91. The summed E-state index contributed by atoms with van der Waals surface area (Å²) in [7, 11) is 4.40. The van der Waals surface area contributed by atoms with E-state index in [-0.39, 0.29) is 0 Å². The van der Waals surface area contributed by atoms with Gasteiger partial charge in [-0.3, -0.25) is 0 Å². The van der Waals surface area contributed by atoms with Crippen LogP contribution in [0.15, 0.2) is 59.1 Å². The Labute approximate surface area is 184 Å². The first kappa shape index (κ1) is 21.1. The zero-order valence-corrected chi connectivity index (χ0v) is 18.6. The molecule has 0 N–H and O–H groups in total. The Kier molecular flexibility index (Phi) is 6.86. The smallest absolute Gasteiger partial charge is 0.226 e. The highest BCUT2D eigenvalue weighted by atomic mass is 35.5. The zero-order chi connectivity index (χ0) is 20.9. The van der Waals surface area contributed by atoms with Crippen LogP contribution in [0.2, 0.25) is 5.02 Å². The number of rotatable bonds is 7. The van der Waals surface area contributed by atoms with Crippen LogP contribution in [0.4, 0.5) is 0 Å². The van der Waals surface area contributed by atoms with Crippen LogP contribution in [0.25, 0.3) is 0 Å². The van der Waals surface area contributed by atoms with E-state index in [1.165, 1.54) is 31.2 Å². The van der Waals surface area contributed by atoms with Crippen molar-refractivity contribution in [2.24, 2.45) is 11.8 Å². The van der Waals surface area contributed by atoms with Gasteiger partial charge < -0.3 is 9.42 Å². The van der Waals surface area contributed by atoms with E-state index >= 15 is 0 Å². The molecule has 1 aliphatic carbocycles. The van der Waals surface area contributed by atoms with Gasteiger partial charge in [0.15, 0.2) is 5.82 Å². The summed E-state index contributed by atoms with van der Waals surface area (Å²) >= 11 is 6.07. The summed E-state index contributed by atoms with van der Waals surface area (Å²) in [6, 6.07) is 19.2. The molecule has 0 radical (unpaired) electrons. The quantitative estimate of drug-likeness (QED) is 0.469. The largest absolute Gasteiger partial charge is 0.339 e. The summed E-state index contributed by atoms with van der Waals surface area (Å²) in [6.07, 6.45) is 6.45. The summed E-state index contributed by atoms with van der Waals surface area (Å²) in [4.78, 5) is 7.01. The lowest BCUT2D eigenvalue weighted by atomic mass is 9.75. The lowest BCUT2D eigenvalue weighted by Gasteiger charge is -2.37. The van der Waals surface area contributed by atoms with Gasteiger partial charge in [-0.15, -0.1) is 0 Å². The Morgan fingerprint density at radius 3 is 2.50 bits per heavy atom. The first-order valence-electron chi connectivity index (χ1n) is 10.9. The van der Waals surface area contributed by atoms with Crippen molar-refractivity contribution < 1.29 is 4.52 Å². The molecule has 0 bridgehead atoms. The fourth-order valence-corrected chi connectivity index (χ4v) is 5.08. The number of benzene rings is 2. The molecule has 1 unspecified atom stereocenters. The Bertz CT molecular complexity index is 932. The molecule has 158 valence electrons. The maximum Gasteiger partial charge on any atom is 0.226 e. The minimum atomic E-state index is 0.486. The van der Waals surface area contributed by atoms with Gasteiger partial charge in [-0.2, -0.15) is 4.98 Å². The molecule has 1 aliphatic rings. The van der Waals surface area contributed by atoms with Crippen molar-refractivity contribution in [3.63, 3.8) is 0 Å². The molecule has 1 fully saturated rings. The van der Waals surface area contributed by atoms with Crippen LogP contribution in [0.5, 0.6) is 0 Å². The van der Waals surface area contributed by atoms with Crippen LogP contribution in [0.1, 0.15) is 54.6 Å². The summed E-state index contributed by atoms with van der Waals surface area (Å²) in [6.45, 7) is 0. The monoisotopic (exact) mass is 423 g/mol. The van der Waals surface area contributed by atoms with E-state index in [0.717, 1.165) is 28.7 Å². The molecular weight excluding hydrogens is 394 g/mol. The second-order valence-corrected chi connectivity index (χ2v) is 9.15. The predicted molar refractivity (Wildman–Crippen MR) is 121 cm³/mol. The minimum absolute atomic E-state index is 0.486. The lowest BCUT2D eigenvalue weighted by molar-refractivity contribution is 0.146. The summed E-state index contributed by atoms with van der Waals surface area (Å²) in [5.74, 6) is 2.82. The van der Waals surface area contributed by atoms with Crippen LogP contribution in [-0.4, -0.2) is 29.1 Å². The van der Waals surface area contributed by atoms with Crippen LogP contribution in [0.3, 0.4) is 0 Å². The number of aromatic nitrogens is 2. The molecule has 0 amide bonds. The first-order chi connectivity index (χ1) is 14.6. The van der Waals surface area contributed by atoms with Gasteiger partial charge >= 0.3 is 0 Å². The Morgan fingerprint density at radius 1 is 1.03 bits per heavy atom. The number of hydrogen-bond donors (Lipinski definition) is 0. The van der Waals surface area contributed by atoms with Gasteiger partial charge in [-0.1, -0.05) is 59.2 Å². The van der Waals surface area contributed by atoms with Crippen molar-refractivity contribution >= 4 is 11.6 Å². The van der Waals surface area contributed by atoms with Crippen molar-refractivity contribution in [1.29, 1.82) is 0 Å². The third-order valence-corrected chi connectivity index (χ3v) is 6.50. The van der Waals surface area contributed by atoms with E-state index in [9.17, 15) is 0 Å². The first-order valence-corrected chi connectivity index (χ1v) is 11.2. The maximum atomic E-state index is 6.07. The highest BCUT2D eigenvalue weighted by Gasteiger charge is 2.30. The molecule has 1 saturated carbocycles. The number of hydrogen-bond acceptors (Lipinski definition) is 4. The molecule has 0 aliphatic heterocycles. The average molecular weight is 424 g/mol. The van der Waals surface area contributed by atoms with Gasteiger partial charge in [0.2, 0.25) is 5.89 Å². The van der Waals surface area contributed by atoms with Gasteiger partial charge in [0.05, 0.1) is 0 Å². The molecular formula is C25H30ClN3O. The molecule has 4 nitrogen and oxygen atoms in total. The van der Waals surface area contributed by atoms with Gasteiger partial charge in [0, 0.05) is 23.9 Å². The van der Waals surface area contributed by atoms with Gasteiger partial charge in [0.1, 0.15) is 0 Å². The Balaban J connectivity index is 1.32. The molecule has 5 heteroatoms. The van der Waals surface area contributed by atoms with Crippen LogP contribution in [0, 0.1) is 11.8 Å². The second-order valence-electron chi connectivity index (χ2n) is 8.72. The number of nitrogens with zero attached hydrogens (tertiary/aromatic N) is 3. The predicted octanol–water partition coefficient (Wildman–Crippen LogP) is 5.97. The van der Waals surface area contributed by atoms with Crippen molar-refractivity contribution in [1.82, 2.24) is 15.0 Å². The van der Waals surface area contributed by atoms with Gasteiger partial charge in [0.25, 0.3) is 0 Å². The molecule has 1 atom stereocenters. The average Bonchev–Trinajstić information content (AvgIpc) is 3.17. The molecule has 0 spiro atoms. The molecule has 1 heterocycles. The lowest BCUT2D eigenvalue weighted by Crippen LogP contribution is -2.30. The van der Waals surface area contributed by atoms with E-state index in [1.807, 2.05) is 24.3 Å². The van der Waals surface area contributed by atoms with E-state index in [0.29, 0.717) is 24.3 Å². The molecule has 3 aromatic rings. The minimum Gasteiger partial charge on any atom is -0.339 e. The Hall–Kier alpha value is -2.17. The molecule has 0 saturated heterocycles. The third kappa shape index (κ3) is 5.30. The Morgan fingerprint density at radius 2 is 1.80 bits per heavy atom. The molecule has 1 aromatic heterocycles. The fourth-order valence-electron chi connectivity index (χ4n) is 4.87. The van der Waals surface area contributed by atoms with Crippen LogP contribution in [-0.2, 0) is 12.8 Å². The zero-order valence-electron chi connectivity index (χ0n) is 17.8. The fraction of sp³-hybridized carbons (Fsp3) is 0.440. The van der Waals surface area contributed by atoms with Crippen LogP contribution < -0.4 is 0 Å². The number of halogens is 1. The van der Waals surface area contributed by atoms with Gasteiger partial charge in [-0.25, -0.2) is 0 Å². The molecule has 2 aromatic carbocycles. The van der Waals surface area contributed by atoms with E-state index in [1.54, 1.807) is 0 Å².